The Kier molecular flexibility index (Phi) is 6.22. The van der Waals surface area contributed by atoms with Crippen LogP contribution in [0.3, 0.4) is 0 Å². The molecule has 33 heavy (non-hydrogen) atoms. The summed E-state index contributed by atoms with van der Waals surface area (Å²) in [7, 11) is 1.69. The number of methoxy groups -OCH3 is 1. The maximum absolute atomic E-state index is 9.49. The summed E-state index contributed by atoms with van der Waals surface area (Å²) in [5, 5.41) is 18.1. The zero-order valence-corrected chi connectivity index (χ0v) is 18.8. The molecule has 1 N–H and O–H groups in total. The fourth-order valence-electron chi connectivity index (χ4n) is 4.70. The number of phenols is 1. The highest BCUT2D eigenvalue weighted by Gasteiger charge is 2.27. The van der Waals surface area contributed by atoms with Gasteiger partial charge in [0.15, 0.2) is 0 Å². The molecule has 4 aromatic rings. The van der Waals surface area contributed by atoms with Gasteiger partial charge in [-0.1, -0.05) is 48.5 Å². The predicted octanol–water partition coefficient (Wildman–Crippen LogP) is 6.70. The number of rotatable bonds is 6. The van der Waals surface area contributed by atoms with E-state index in [1.54, 1.807) is 19.2 Å². The van der Waals surface area contributed by atoms with Crippen LogP contribution in [-0.2, 0) is 11.3 Å². The minimum absolute atomic E-state index is 0.292. The van der Waals surface area contributed by atoms with Crippen LogP contribution in [0.25, 0.3) is 22.6 Å². The SMILES string of the molecule is COCc1ccc(-c2nnc(C3CCC(c4ccc(-c5ccc(O)cc5)cc4)CC3)o2)cc1. The van der Waals surface area contributed by atoms with Crippen molar-refractivity contribution in [1.82, 2.24) is 10.2 Å². The van der Waals surface area contributed by atoms with Crippen molar-refractivity contribution in [3.63, 3.8) is 0 Å². The highest BCUT2D eigenvalue weighted by Crippen LogP contribution is 2.41. The molecule has 1 aromatic heterocycles. The molecule has 0 aliphatic heterocycles. The summed E-state index contributed by atoms with van der Waals surface area (Å²) in [5.41, 5.74) is 5.73. The summed E-state index contributed by atoms with van der Waals surface area (Å²) in [5.74, 6) is 2.52. The molecule has 5 heteroatoms. The third kappa shape index (κ3) is 4.83. The van der Waals surface area contributed by atoms with Crippen molar-refractivity contribution in [3.8, 4) is 28.3 Å². The average Bonchev–Trinajstić information content (AvgIpc) is 3.36. The Morgan fingerprint density at radius 3 is 1.97 bits per heavy atom. The molecule has 1 saturated carbocycles. The molecule has 0 atom stereocenters. The van der Waals surface area contributed by atoms with Crippen molar-refractivity contribution in [2.45, 2.75) is 44.1 Å². The number of aromatic nitrogens is 2. The Morgan fingerprint density at radius 2 is 1.33 bits per heavy atom. The van der Waals surface area contributed by atoms with Crippen molar-refractivity contribution in [2.24, 2.45) is 0 Å². The molecule has 5 nitrogen and oxygen atoms in total. The van der Waals surface area contributed by atoms with Crippen LogP contribution in [0.4, 0.5) is 0 Å². The van der Waals surface area contributed by atoms with Crippen LogP contribution in [-0.4, -0.2) is 22.4 Å². The first kappa shape index (κ1) is 21.4. The second-order valence-electron chi connectivity index (χ2n) is 8.79. The molecule has 0 bridgehead atoms. The van der Waals surface area contributed by atoms with Crippen molar-refractivity contribution in [3.05, 3.63) is 89.8 Å². The quantitative estimate of drug-likeness (QED) is 0.361. The van der Waals surface area contributed by atoms with E-state index in [4.69, 9.17) is 9.15 Å². The Labute approximate surface area is 194 Å². The Balaban J connectivity index is 1.20. The molecule has 0 saturated heterocycles. The van der Waals surface area contributed by atoms with Crippen LogP contribution >= 0.6 is 0 Å². The van der Waals surface area contributed by atoms with Gasteiger partial charge in [0.25, 0.3) is 0 Å². The predicted molar refractivity (Wildman–Crippen MR) is 128 cm³/mol. The standard InChI is InChI=1S/C28H28N2O3/c1-32-18-19-2-4-24(5-3-19)27-29-30-28(33-27)25-12-10-22(11-13-25)20-6-8-21(9-7-20)23-14-16-26(31)17-15-23/h2-9,14-17,22,25,31H,10-13,18H2,1H3. The van der Waals surface area contributed by atoms with E-state index in [0.29, 0.717) is 30.1 Å². The first-order valence-corrected chi connectivity index (χ1v) is 11.5. The van der Waals surface area contributed by atoms with Gasteiger partial charge in [0.2, 0.25) is 11.8 Å². The molecule has 0 spiro atoms. The molecule has 0 amide bonds. The van der Waals surface area contributed by atoms with Crippen LogP contribution in [0.5, 0.6) is 5.75 Å². The fourth-order valence-corrected chi connectivity index (χ4v) is 4.70. The molecular weight excluding hydrogens is 412 g/mol. The number of ether oxygens (including phenoxy) is 1. The highest BCUT2D eigenvalue weighted by atomic mass is 16.5. The number of benzene rings is 3. The van der Waals surface area contributed by atoms with Gasteiger partial charge in [-0.05, 0) is 78.1 Å². The van der Waals surface area contributed by atoms with E-state index in [9.17, 15) is 5.11 Å². The summed E-state index contributed by atoms with van der Waals surface area (Å²) < 4.78 is 11.2. The number of nitrogens with zero attached hydrogens (tertiary/aromatic N) is 2. The van der Waals surface area contributed by atoms with Crippen molar-refractivity contribution in [1.29, 1.82) is 0 Å². The highest BCUT2D eigenvalue weighted by molar-refractivity contribution is 5.64. The Hall–Kier alpha value is -3.44. The number of aromatic hydroxyl groups is 1. The maximum Gasteiger partial charge on any atom is 0.247 e. The van der Waals surface area contributed by atoms with Gasteiger partial charge in [0, 0.05) is 18.6 Å². The van der Waals surface area contributed by atoms with Gasteiger partial charge in [0.1, 0.15) is 5.75 Å². The fraction of sp³-hybridized carbons (Fsp3) is 0.286. The van der Waals surface area contributed by atoms with E-state index in [-0.39, 0.29) is 0 Å². The average molecular weight is 441 g/mol. The third-order valence-electron chi connectivity index (χ3n) is 6.61. The second kappa shape index (κ2) is 9.59. The first-order valence-electron chi connectivity index (χ1n) is 11.5. The number of hydrogen-bond donors (Lipinski definition) is 1. The monoisotopic (exact) mass is 440 g/mol. The van der Waals surface area contributed by atoms with Gasteiger partial charge in [0.05, 0.1) is 6.61 Å². The van der Waals surface area contributed by atoms with E-state index >= 15 is 0 Å². The molecule has 0 unspecified atom stereocenters. The lowest BCUT2D eigenvalue weighted by atomic mass is 9.78. The lowest BCUT2D eigenvalue weighted by molar-refractivity contribution is 0.185. The Bertz CT molecular complexity index is 1170. The van der Waals surface area contributed by atoms with E-state index < -0.39 is 0 Å². The first-order chi connectivity index (χ1) is 16.2. The van der Waals surface area contributed by atoms with Crippen LogP contribution in [0.2, 0.25) is 0 Å². The zero-order valence-electron chi connectivity index (χ0n) is 18.8. The lowest BCUT2D eigenvalue weighted by Gasteiger charge is -2.27. The van der Waals surface area contributed by atoms with E-state index in [2.05, 4.69) is 34.5 Å². The topological polar surface area (TPSA) is 68.4 Å². The minimum Gasteiger partial charge on any atom is -0.508 e. The lowest BCUT2D eigenvalue weighted by Crippen LogP contribution is -2.12. The molecule has 0 radical (unpaired) electrons. The second-order valence-corrected chi connectivity index (χ2v) is 8.79. The third-order valence-corrected chi connectivity index (χ3v) is 6.61. The molecule has 1 aliphatic rings. The van der Waals surface area contributed by atoms with Gasteiger partial charge in [-0.3, -0.25) is 0 Å². The van der Waals surface area contributed by atoms with Crippen LogP contribution in [0, 0.1) is 0 Å². The molecule has 1 fully saturated rings. The van der Waals surface area contributed by atoms with Gasteiger partial charge in [-0.15, -0.1) is 10.2 Å². The Morgan fingerprint density at radius 1 is 0.758 bits per heavy atom. The van der Waals surface area contributed by atoms with Gasteiger partial charge in [-0.25, -0.2) is 0 Å². The van der Waals surface area contributed by atoms with Gasteiger partial charge in [-0.2, -0.15) is 0 Å². The molecule has 168 valence electrons. The zero-order chi connectivity index (χ0) is 22.6. The van der Waals surface area contributed by atoms with Crippen molar-refractivity contribution >= 4 is 0 Å². The van der Waals surface area contributed by atoms with Crippen molar-refractivity contribution in [2.75, 3.05) is 7.11 Å². The smallest absolute Gasteiger partial charge is 0.247 e. The summed E-state index contributed by atoms with van der Waals surface area (Å²) in [4.78, 5) is 0. The molecule has 1 aliphatic carbocycles. The molecule has 3 aromatic carbocycles. The van der Waals surface area contributed by atoms with Gasteiger partial charge < -0.3 is 14.3 Å². The van der Waals surface area contributed by atoms with E-state index in [1.165, 1.54) is 11.1 Å². The van der Waals surface area contributed by atoms with E-state index in [0.717, 1.165) is 48.3 Å². The molecule has 1 heterocycles. The molecular formula is C28H28N2O3. The van der Waals surface area contributed by atoms with Crippen molar-refractivity contribution < 1.29 is 14.3 Å². The van der Waals surface area contributed by atoms with Gasteiger partial charge >= 0.3 is 0 Å². The summed E-state index contributed by atoms with van der Waals surface area (Å²) >= 11 is 0. The summed E-state index contributed by atoms with van der Waals surface area (Å²) in [6.07, 6.45) is 4.34. The minimum atomic E-state index is 0.292. The molecule has 5 rings (SSSR count). The van der Waals surface area contributed by atoms with Crippen LogP contribution in [0.1, 0.15) is 54.5 Å². The number of phenolic OH excluding ortho intramolecular Hbond substituents is 1. The summed E-state index contributed by atoms with van der Waals surface area (Å²) in [6, 6.07) is 24.2. The van der Waals surface area contributed by atoms with Crippen LogP contribution in [0.15, 0.2) is 77.2 Å². The maximum atomic E-state index is 9.49. The van der Waals surface area contributed by atoms with Crippen LogP contribution < -0.4 is 0 Å². The van der Waals surface area contributed by atoms with E-state index in [1.807, 2.05) is 36.4 Å². The largest absolute Gasteiger partial charge is 0.508 e. The normalized spacial score (nSPS) is 18.3. The summed E-state index contributed by atoms with van der Waals surface area (Å²) in [6.45, 7) is 0.595. The number of hydrogen-bond acceptors (Lipinski definition) is 5.